The third-order valence-corrected chi connectivity index (χ3v) is 4.19. The molecule has 1 aliphatic heterocycles. The molecule has 0 spiro atoms. The van der Waals surface area contributed by atoms with Crippen LogP contribution in [0.4, 0.5) is 0 Å². The van der Waals surface area contributed by atoms with Crippen molar-refractivity contribution in [2.45, 2.75) is 13.1 Å². The van der Waals surface area contributed by atoms with E-state index in [4.69, 9.17) is 9.47 Å². The van der Waals surface area contributed by atoms with Crippen molar-refractivity contribution in [3.63, 3.8) is 0 Å². The normalized spacial score (nSPS) is 12.6. The Kier molecular flexibility index (Phi) is 5.80. The number of carbonyl (C=O) groups is 1. The Hall–Kier alpha value is -3.22. The fourth-order valence-electron chi connectivity index (χ4n) is 2.67. The lowest BCUT2D eigenvalue weighted by molar-refractivity contribution is 0.0827. The summed E-state index contributed by atoms with van der Waals surface area (Å²) in [5, 5.41) is 6.54. The minimum atomic E-state index is -0.00397. The molecule has 1 heterocycles. The summed E-state index contributed by atoms with van der Waals surface area (Å²) in [6, 6.07) is 13.4. The highest BCUT2D eigenvalue weighted by Gasteiger charge is 2.13. The highest BCUT2D eigenvalue weighted by Crippen LogP contribution is 2.32. The molecule has 7 nitrogen and oxygen atoms in total. The lowest BCUT2D eigenvalue weighted by Crippen LogP contribution is -2.36. The van der Waals surface area contributed by atoms with E-state index in [1.54, 1.807) is 26.0 Å². The minimum Gasteiger partial charge on any atom is -0.454 e. The van der Waals surface area contributed by atoms with Crippen molar-refractivity contribution in [2.24, 2.45) is 4.99 Å². The van der Waals surface area contributed by atoms with Crippen LogP contribution in [0.1, 0.15) is 21.5 Å². The molecule has 0 radical (unpaired) electrons. The van der Waals surface area contributed by atoms with Crippen molar-refractivity contribution >= 4 is 11.9 Å². The molecule has 0 fully saturated rings. The molecule has 0 aliphatic carbocycles. The van der Waals surface area contributed by atoms with Gasteiger partial charge in [0, 0.05) is 39.8 Å². The molecule has 142 valence electrons. The molecule has 0 saturated heterocycles. The maximum atomic E-state index is 11.9. The topological polar surface area (TPSA) is 75.2 Å². The molecule has 2 aromatic rings. The number of aliphatic imine (C=N–C) groups is 1. The first-order valence-corrected chi connectivity index (χ1v) is 8.70. The molecule has 0 unspecified atom stereocenters. The van der Waals surface area contributed by atoms with E-state index in [0.29, 0.717) is 24.6 Å². The lowest BCUT2D eigenvalue weighted by atomic mass is 10.1. The second kappa shape index (κ2) is 8.44. The van der Waals surface area contributed by atoms with Crippen LogP contribution in [0.15, 0.2) is 47.5 Å². The SMILES string of the molecule is CN=C(NCc1ccc(C(=O)N(C)C)cc1)NCc1ccc2c(c1)OCO2. The number of nitrogens with one attached hydrogen (secondary N) is 2. The number of rotatable bonds is 5. The van der Waals surface area contributed by atoms with Crippen molar-refractivity contribution in [2.75, 3.05) is 27.9 Å². The molecule has 3 rings (SSSR count). The summed E-state index contributed by atoms with van der Waals surface area (Å²) >= 11 is 0. The van der Waals surface area contributed by atoms with E-state index < -0.39 is 0 Å². The molecular weight excluding hydrogens is 344 g/mol. The average Bonchev–Trinajstić information content (AvgIpc) is 3.15. The summed E-state index contributed by atoms with van der Waals surface area (Å²) in [4.78, 5) is 17.7. The Morgan fingerprint density at radius 1 is 1.00 bits per heavy atom. The smallest absolute Gasteiger partial charge is 0.253 e. The molecule has 1 amide bonds. The Balaban J connectivity index is 1.51. The molecule has 2 aromatic carbocycles. The monoisotopic (exact) mass is 368 g/mol. The molecule has 1 aliphatic rings. The number of guanidine groups is 1. The van der Waals surface area contributed by atoms with Crippen LogP contribution in [0.3, 0.4) is 0 Å². The van der Waals surface area contributed by atoms with Gasteiger partial charge in [-0.15, -0.1) is 0 Å². The van der Waals surface area contributed by atoms with E-state index in [2.05, 4.69) is 15.6 Å². The number of fused-ring (bicyclic) bond motifs is 1. The highest BCUT2D eigenvalue weighted by molar-refractivity contribution is 5.93. The van der Waals surface area contributed by atoms with E-state index in [0.717, 1.165) is 22.6 Å². The van der Waals surface area contributed by atoms with Crippen LogP contribution < -0.4 is 20.1 Å². The maximum Gasteiger partial charge on any atom is 0.253 e. The fraction of sp³-hybridized carbons (Fsp3) is 0.300. The van der Waals surface area contributed by atoms with E-state index in [-0.39, 0.29) is 12.7 Å². The number of hydrogen-bond donors (Lipinski definition) is 2. The van der Waals surface area contributed by atoms with Gasteiger partial charge < -0.3 is 25.0 Å². The van der Waals surface area contributed by atoms with Crippen molar-refractivity contribution in [1.29, 1.82) is 0 Å². The first-order chi connectivity index (χ1) is 13.1. The summed E-state index contributed by atoms with van der Waals surface area (Å²) in [6.07, 6.45) is 0. The zero-order valence-electron chi connectivity index (χ0n) is 15.8. The van der Waals surface area contributed by atoms with Gasteiger partial charge in [-0.25, -0.2) is 0 Å². The summed E-state index contributed by atoms with van der Waals surface area (Å²) < 4.78 is 10.7. The van der Waals surface area contributed by atoms with Crippen LogP contribution in [0, 0.1) is 0 Å². The number of carbonyl (C=O) groups excluding carboxylic acids is 1. The standard InChI is InChI=1S/C20H24N4O3/c1-21-20(23-12-15-6-9-17-18(10-15)27-13-26-17)22-11-14-4-7-16(8-5-14)19(25)24(2)3/h4-10H,11-13H2,1-3H3,(H2,21,22,23). The van der Waals surface area contributed by atoms with Crippen LogP contribution in [0.5, 0.6) is 11.5 Å². The summed E-state index contributed by atoms with van der Waals surface area (Å²) in [7, 11) is 5.22. The second-order valence-corrected chi connectivity index (χ2v) is 6.36. The van der Waals surface area contributed by atoms with Gasteiger partial charge in [0.15, 0.2) is 17.5 Å². The van der Waals surface area contributed by atoms with Crippen molar-refractivity contribution < 1.29 is 14.3 Å². The van der Waals surface area contributed by atoms with Gasteiger partial charge in [0.05, 0.1) is 0 Å². The van der Waals surface area contributed by atoms with Crippen LogP contribution >= 0.6 is 0 Å². The largest absolute Gasteiger partial charge is 0.454 e. The molecule has 7 heteroatoms. The molecule has 0 aromatic heterocycles. The quantitative estimate of drug-likeness (QED) is 0.624. The van der Waals surface area contributed by atoms with Crippen molar-refractivity contribution in [3.8, 4) is 11.5 Å². The van der Waals surface area contributed by atoms with Gasteiger partial charge in [0.2, 0.25) is 6.79 Å². The molecule has 27 heavy (non-hydrogen) atoms. The third kappa shape index (κ3) is 4.69. The Morgan fingerprint density at radius 3 is 2.30 bits per heavy atom. The van der Waals surface area contributed by atoms with Gasteiger partial charge in [0.25, 0.3) is 5.91 Å². The van der Waals surface area contributed by atoms with Gasteiger partial charge in [-0.1, -0.05) is 18.2 Å². The minimum absolute atomic E-state index is 0.00397. The Morgan fingerprint density at radius 2 is 1.63 bits per heavy atom. The van der Waals surface area contributed by atoms with Crippen LogP contribution in [0.2, 0.25) is 0 Å². The van der Waals surface area contributed by atoms with Crippen LogP contribution in [0.25, 0.3) is 0 Å². The van der Waals surface area contributed by atoms with Crippen LogP contribution in [-0.4, -0.2) is 44.7 Å². The highest BCUT2D eigenvalue weighted by atomic mass is 16.7. The molecule has 0 atom stereocenters. The lowest BCUT2D eigenvalue weighted by Gasteiger charge is -2.13. The molecule has 2 N–H and O–H groups in total. The van der Waals surface area contributed by atoms with E-state index in [9.17, 15) is 4.79 Å². The number of nitrogens with zero attached hydrogens (tertiary/aromatic N) is 2. The van der Waals surface area contributed by atoms with E-state index in [1.807, 2.05) is 42.5 Å². The van der Waals surface area contributed by atoms with Gasteiger partial charge >= 0.3 is 0 Å². The van der Waals surface area contributed by atoms with Crippen LogP contribution in [-0.2, 0) is 13.1 Å². The number of ether oxygens (including phenoxy) is 2. The third-order valence-electron chi connectivity index (χ3n) is 4.19. The van der Waals surface area contributed by atoms with Gasteiger partial charge in [-0.2, -0.15) is 0 Å². The molecular formula is C20H24N4O3. The number of benzene rings is 2. The Bertz CT molecular complexity index is 832. The number of amides is 1. The maximum absolute atomic E-state index is 11.9. The molecule has 0 bridgehead atoms. The first kappa shape index (κ1) is 18.6. The summed E-state index contributed by atoms with van der Waals surface area (Å²) in [5.41, 5.74) is 2.82. The predicted molar refractivity (Wildman–Crippen MR) is 104 cm³/mol. The predicted octanol–water partition coefficient (Wildman–Crippen LogP) is 1.98. The fourth-order valence-corrected chi connectivity index (χ4v) is 2.67. The van der Waals surface area contributed by atoms with Gasteiger partial charge in [0.1, 0.15) is 0 Å². The average molecular weight is 368 g/mol. The summed E-state index contributed by atoms with van der Waals surface area (Å²) in [5.74, 6) is 2.24. The number of hydrogen-bond acceptors (Lipinski definition) is 4. The zero-order chi connectivity index (χ0) is 19.2. The molecule has 0 saturated carbocycles. The van der Waals surface area contributed by atoms with E-state index in [1.165, 1.54) is 0 Å². The Labute approximate surface area is 159 Å². The summed E-state index contributed by atoms with van der Waals surface area (Å²) in [6.45, 7) is 1.50. The zero-order valence-corrected chi connectivity index (χ0v) is 15.8. The van der Waals surface area contributed by atoms with Gasteiger partial charge in [-0.05, 0) is 35.4 Å². The van der Waals surface area contributed by atoms with Crippen molar-refractivity contribution in [1.82, 2.24) is 15.5 Å². The van der Waals surface area contributed by atoms with E-state index >= 15 is 0 Å². The van der Waals surface area contributed by atoms with Crippen molar-refractivity contribution in [3.05, 3.63) is 59.2 Å². The van der Waals surface area contributed by atoms with Gasteiger partial charge in [-0.3, -0.25) is 9.79 Å². The second-order valence-electron chi connectivity index (χ2n) is 6.36. The first-order valence-electron chi connectivity index (χ1n) is 8.70.